The number of likely N-dealkylation sites (N-methyl/N-ethyl adjacent to an activating group) is 1. The highest BCUT2D eigenvalue weighted by molar-refractivity contribution is 9.10. The molecule has 0 spiro atoms. The molecule has 1 aromatic carbocycles. The van der Waals surface area contributed by atoms with Crippen molar-refractivity contribution in [3.63, 3.8) is 0 Å². The number of halogens is 1. The van der Waals surface area contributed by atoms with E-state index in [0.717, 1.165) is 37.0 Å². The molecule has 1 unspecified atom stereocenters. The third kappa shape index (κ3) is 5.13. The van der Waals surface area contributed by atoms with Gasteiger partial charge in [0.2, 0.25) is 0 Å². The van der Waals surface area contributed by atoms with E-state index in [-0.39, 0.29) is 6.04 Å². The Morgan fingerprint density at radius 3 is 2.63 bits per heavy atom. The number of hydrogen-bond donors (Lipinski definition) is 1. The van der Waals surface area contributed by atoms with E-state index in [4.69, 9.17) is 10.5 Å². The average Bonchev–Trinajstić information content (AvgIpc) is 2.41. The fourth-order valence-corrected chi connectivity index (χ4v) is 2.71. The molecular formula is C15H25BrN2O. The second-order valence-electron chi connectivity index (χ2n) is 4.73. The molecule has 1 rings (SSSR count). The van der Waals surface area contributed by atoms with E-state index in [2.05, 4.69) is 52.9 Å². The molecule has 0 amide bonds. The lowest BCUT2D eigenvalue weighted by molar-refractivity contribution is 0.205. The topological polar surface area (TPSA) is 38.5 Å². The SMILES string of the molecule is CCC(N)Cc1ccc(N(CC)CCOC)c(Br)c1. The normalized spacial score (nSPS) is 12.5. The Morgan fingerprint density at radius 2 is 2.11 bits per heavy atom. The molecule has 3 nitrogen and oxygen atoms in total. The molecule has 0 aliphatic rings. The molecule has 0 bridgehead atoms. The highest BCUT2D eigenvalue weighted by Crippen LogP contribution is 2.27. The molecule has 2 N–H and O–H groups in total. The van der Waals surface area contributed by atoms with Crippen molar-refractivity contribution in [2.24, 2.45) is 5.73 Å². The molecule has 4 heteroatoms. The zero-order valence-electron chi connectivity index (χ0n) is 12.2. The van der Waals surface area contributed by atoms with Crippen LogP contribution < -0.4 is 10.6 Å². The third-order valence-electron chi connectivity index (χ3n) is 3.32. The van der Waals surface area contributed by atoms with Gasteiger partial charge < -0.3 is 15.4 Å². The fourth-order valence-electron chi connectivity index (χ4n) is 2.03. The summed E-state index contributed by atoms with van der Waals surface area (Å²) in [6.07, 6.45) is 1.94. The van der Waals surface area contributed by atoms with E-state index in [9.17, 15) is 0 Å². The average molecular weight is 329 g/mol. The second kappa shape index (κ2) is 8.56. The molecule has 1 aromatic rings. The Bertz CT molecular complexity index is 384. The molecule has 0 saturated heterocycles. The summed E-state index contributed by atoms with van der Waals surface area (Å²) in [6, 6.07) is 6.76. The summed E-state index contributed by atoms with van der Waals surface area (Å²) >= 11 is 3.67. The minimum absolute atomic E-state index is 0.244. The van der Waals surface area contributed by atoms with Crippen LogP contribution in [-0.4, -0.2) is 32.8 Å². The summed E-state index contributed by atoms with van der Waals surface area (Å²) in [5.74, 6) is 0. The van der Waals surface area contributed by atoms with Crippen LogP contribution in [0.4, 0.5) is 5.69 Å². The van der Waals surface area contributed by atoms with Crippen LogP contribution in [0.2, 0.25) is 0 Å². The first-order valence-corrected chi connectivity index (χ1v) is 7.69. The molecule has 1 atom stereocenters. The van der Waals surface area contributed by atoms with Gasteiger partial charge in [-0.05, 0) is 53.4 Å². The molecule has 0 saturated carbocycles. The number of hydrogen-bond acceptors (Lipinski definition) is 3. The minimum Gasteiger partial charge on any atom is -0.383 e. The van der Waals surface area contributed by atoms with E-state index in [1.807, 2.05) is 0 Å². The Kier molecular flexibility index (Phi) is 7.42. The largest absolute Gasteiger partial charge is 0.383 e. The maximum absolute atomic E-state index is 6.00. The van der Waals surface area contributed by atoms with Gasteiger partial charge in [0.15, 0.2) is 0 Å². The smallest absolute Gasteiger partial charge is 0.0637 e. The Morgan fingerprint density at radius 1 is 1.37 bits per heavy atom. The van der Waals surface area contributed by atoms with Gasteiger partial charge in [0.05, 0.1) is 12.3 Å². The first-order chi connectivity index (χ1) is 9.12. The van der Waals surface area contributed by atoms with Crippen molar-refractivity contribution in [1.29, 1.82) is 0 Å². The number of methoxy groups -OCH3 is 1. The van der Waals surface area contributed by atoms with Crippen molar-refractivity contribution in [1.82, 2.24) is 0 Å². The van der Waals surface area contributed by atoms with Crippen LogP contribution in [-0.2, 0) is 11.2 Å². The molecule has 0 radical (unpaired) electrons. The van der Waals surface area contributed by atoms with Gasteiger partial charge in [-0.15, -0.1) is 0 Å². The van der Waals surface area contributed by atoms with Crippen LogP contribution >= 0.6 is 15.9 Å². The predicted octanol–water partition coefficient (Wildman–Crippen LogP) is 3.20. The lowest BCUT2D eigenvalue weighted by Gasteiger charge is -2.24. The summed E-state index contributed by atoms with van der Waals surface area (Å²) in [7, 11) is 1.73. The first kappa shape index (κ1) is 16.5. The highest BCUT2D eigenvalue weighted by Gasteiger charge is 2.10. The van der Waals surface area contributed by atoms with E-state index >= 15 is 0 Å². The van der Waals surface area contributed by atoms with Gasteiger partial charge in [0.1, 0.15) is 0 Å². The quantitative estimate of drug-likeness (QED) is 0.796. The van der Waals surface area contributed by atoms with Crippen molar-refractivity contribution in [2.45, 2.75) is 32.7 Å². The number of benzene rings is 1. The molecule has 0 aliphatic carbocycles. The third-order valence-corrected chi connectivity index (χ3v) is 3.96. The standard InChI is InChI=1S/C15H25BrN2O/c1-4-13(17)10-12-6-7-15(14(16)11-12)18(5-2)8-9-19-3/h6-7,11,13H,4-5,8-10,17H2,1-3H3. The lowest BCUT2D eigenvalue weighted by atomic mass is 10.0. The van der Waals surface area contributed by atoms with Crippen molar-refractivity contribution in [3.8, 4) is 0 Å². The summed E-state index contributed by atoms with van der Waals surface area (Å²) in [5, 5.41) is 0. The molecule has 0 heterocycles. The summed E-state index contributed by atoms with van der Waals surface area (Å²) in [5.41, 5.74) is 8.50. The highest BCUT2D eigenvalue weighted by atomic mass is 79.9. The number of nitrogens with zero attached hydrogens (tertiary/aromatic N) is 1. The van der Waals surface area contributed by atoms with E-state index in [1.54, 1.807) is 7.11 Å². The van der Waals surface area contributed by atoms with Gasteiger partial charge in [-0.2, -0.15) is 0 Å². The van der Waals surface area contributed by atoms with E-state index < -0.39 is 0 Å². The molecule has 0 aromatic heterocycles. The Labute approximate surface area is 125 Å². The van der Waals surface area contributed by atoms with E-state index in [0.29, 0.717) is 0 Å². The molecule has 0 fully saturated rings. The number of anilines is 1. The molecule has 0 aliphatic heterocycles. The van der Waals surface area contributed by atoms with Crippen LogP contribution in [0.25, 0.3) is 0 Å². The Balaban J connectivity index is 2.80. The van der Waals surface area contributed by atoms with Crippen LogP contribution in [0.3, 0.4) is 0 Å². The number of rotatable bonds is 8. The first-order valence-electron chi connectivity index (χ1n) is 6.90. The van der Waals surface area contributed by atoms with E-state index in [1.165, 1.54) is 11.3 Å². The number of ether oxygens (including phenoxy) is 1. The van der Waals surface area contributed by atoms with Crippen LogP contribution in [0.1, 0.15) is 25.8 Å². The zero-order valence-corrected chi connectivity index (χ0v) is 13.7. The molecule has 19 heavy (non-hydrogen) atoms. The fraction of sp³-hybridized carbons (Fsp3) is 0.600. The summed E-state index contributed by atoms with van der Waals surface area (Å²) in [4.78, 5) is 2.30. The van der Waals surface area contributed by atoms with Crippen LogP contribution in [0, 0.1) is 0 Å². The number of nitrogens with two attached hydrogens (primary N) is 1. The van der Waals surface area contributed by atoms with Crippen molar-refractivity contribution < 1.29 is 4.74 Å². The van der Waals surface area contributed by atoms with Gasteiger partial charge in [-0.3, -0.25) is 0 Å². The maximum Gasteiger partial charge on any atom is 0.0637 e. The van der Waals surface area contributed by atoms with Gasteiger partial charge in [-0.25, -0.2) is 0 Å². The van der Waals surface area contributed by atoms with Crippen LogP contribution in [0.5, 0.6) is 0 Å². The predicted molar refractivity (Wildman–Crippen MR) is 85.9 cm³/mol. The summed E-state index contributed by atoms with van der Waals surface area (Å²) < 4.78 is 6.28. The monoisotopic (exact) mass is 328 g/mol. The van der Waals surface area contributed by atoms with Gasteiger partial charge in [0.25, 0.3) is 0 Å². The van der Waals surface area contributed by atoms with Crippen molar-refractivity contribution in [3.05, 3.63) is 28.2 Å². The zero-order chi connectivity index (χ0) is 14.3. The van der Waals surface area contributed by atoms with Crippen molar-refractivity contribution in [2.75, 3.05) is 31.7 Å². The molecule has 108 valence electrons. The van der Waals surface area contributed by atoms with Gasteiger partial charge in [0, 0.05) is 30.7 Å². The Hall–Kier alpha value is -0.580. The molecular weight excluding hydrogens is 304 g/mol. The lowest BCUT2D eigenvalue weighted by Crippen LogP contribution is -2.27. The minimum atomic E-state index is 0.244. The van der Waals surface area contributed by atoms with Gasteiger partial charge >= 0.3 is 0 Å². The summed E-state index contributed by atoms with van der Waals surface area (Å²) in [6.45, 7) is 6.89. The second-order valence-corrected chi connectivity index (χ2v) is 5.59. The van der Waals surface area contributed by atoms with Gasteiger partial charge in [-0.1, -0.05) is 13.0 Å². The maximum atomic E-state index is 6.00. The van der Waals surface area contributed by atoms with Crippen molar-refractivity contribution >= 4 is 21.6 Å². The van der Waals surface area contributed by atoms with Crippen LogP contribution in [0.15, 0.2) is 22.7 Å².